The van der Waals surface area contributed by atoms with Gasteiger partial charge in [0.05, 0.1) is 23.0 Å². The zero-order valence-corrected chi connectivity index (χ0v) is 22.1. The van der Waals surface area contributed by atoms with Gasteiger partial charge in [-0.05, 0) is 50.2 Å². The van der Waals surface area contributed by atoms with Crippen LogP contribution in [0.4, 0.5) is 0 Å². The van der Waals surface area contributed by atoms with Crippen molar-refractivity contribution in [2.75, 3.05) is 39.9 Å². The van der Waals surface area contributed by atoms with Gasteiger partial charge in [0, 0.05) is 55.2 Å². The van der Waals surface area contributed by atoms with E-state index in [0.29, 0.717) is 11.1 Å². The molecule has 1 aliphatic heterocycles. The number of piperidine rings is 1. The van der Waals surface area contributed by atoms with Gasteiger partial charge in [-0.3, -0.25) is 4.98 Å². The number of methoxy groups -OCH3 is 1. The predicted octanol–water partition coefficient (Wildman–Crippen LogP) is 4.90. The van der Waals surface area contributed by atoms with Crippen LogP contribution in [-0.2, 0) is 10.2 Å². The Hall–Kier alpha value is -2.16. The maximum atomic E-state index is 10.2. The van der Waals surface area contributed by atoms with Gasteiger partial charge in [0.25, 0.3) is 0 Å². The van der Waals surface area contributed by atoms with Crippen molar-refractivity contribution < 1.29 is 9.84 Å². The molecular formula is C26H35Cl2N5O2. The first kappa shape index (κ1) is 27.4. The van der Waals surface area contributed by atoms with E-state index in [1.807, 2.05) is 18.2 Å². The number of imidazole rings is 1. The van der Waals surface area contributed by atoms with Crippen molar-refractivity contribution in [1.29, 1.82) is 0 Å². The molecule has 0 saturated carbocycles. The summed E-state index contributed by atoms with van der Waals surface area (Å²) in [6.45, 7) is 9.19. The molecule has 1 fully saturated rings. The number of likely N-dealkylation sites (tertiary alicyclic amines) is 1. The van der Waals surface area contributed by atoms with Gasteiger partial charge in [0.1, 0.15) is 11.6 Å². The molecule has 0 spiro atoms. The molecule has 35 heavy (non-hydrogen) atoms. The number of benzene rings is 1. The van der Waals surface area contributed by atoms with Gasteiger partial charge in [0.2, 0.25) is 0 Å². The van der Waals surface area contributed by atoms with Crippen molar-refractivity contribution >= 4 is 24.0 Å². The van der Waals surface area contributed by atoms with Gasteiger partial charge in [-0.25, -0.2) is 4.98 Å². The minimum Gasteiger partial charge on any atom is -0.506 e. The number of phenolic OH excluding ortho intramolecular Hbond substituents is 1. The molecule has 1 aromatic carbocycles. The van der Waals surface area contributed by atoms with Crippen LogP contribution in [0.25, 0.3) is 22.5 Å². The summed E-state index contributed by atoms with van der Waals surface area (Å²) >= 11 is 6.05. The quantitative estimate of drug-likeness (QED) is 0.372. The number of H-pyrrole nitrogens is 1. The fourth-order valence-corrected chi connectivity index (χ4v) is 4.47. The molecule has 0 aliphatic carbocycles. The Labute approximate surface area is 218 Å². The highest BCUT2D eigenvalue weighted by Crippen LogP contribution is 2.36. The first-order valence-electron chi connectivity index (χ1n) is 11.8. The first-order chi connectivity index (χ1) is 16.4. The van der Waals surface area contributed by atoms with E-state index in [1.165, 1.54) is 0 Å². The van der Waals surface area contributed by atoms with Crippen LogP contribution in [0.15, 0.2) is 42.7 Å². The van der Waals surface area contributed by atoms with Gasteiger partial charge >= 0.3 is 0 Å². The lowest BCUT2D eigenvalue weighted by atomic mass is 9.91. The molecule has 3 aromatic rings. The standard InChI is InChI=1S/C26H34ClN5O2.ClH/c1-26(2,17-29-20-8-12-32(13-9-20)14-15-34-3)25-30-23(18-6-10-28-11-7-18)24(31-25)19-4-5-21(27)22(33)16-19;/h4-7,10-11,16,20,29,33H,8-9,12-15,17H2,1-3H3,(H,30,31);1H. The highest BCUT2D eigenvalue weighted by atomic mass is 35.5. The molecule has 3 N–H and O–H groups in total. The van der Waals surface area contributed by atoms with E-state index in [4.69, 9.17) is 21.3 Å². The zero-order chi connectivity index (χ0) is 24.1. The van der Waals surface area contributed by atoms with Crippen molar-refractivity contribution in [3.8, 4) is 28.3 Å². The minimum absolute atomic E-state index is 0. The minimum atomic E-state index is -0.221. The summed E-state index contributed by atoms with van der Waals surface area (Å²) in [5, 5.41) is 14.3. The Morgan fingerprint density at radius 1 is 1.17 bits per heavy atom. The molecule has 0 atom stereocenters. The lowest BCUT2D eigenvalue weighted by Gasteiger charge is -2.34. The van der Waals surface area contributed by atoms with E-state index in [-0.39, 0.29) is 23.6 Å². The van der Waals surface area contributed by atoms with Crippen LogP contribution in [0, 0.1) is 0 Å². The van der Waals surface area contributed by atoms with Crippen LogP contribution < -0.4 is 5.32 Å². The summed E-state index contributed by atoms with van der Waals surface area (Å²) in [7, 11) is 1.76. The zero-order valence-electron chi connectivity index (χ0n) is 20.6. The monoisotopic (exact) mass is 519 g/mol. The molecule has 0 bridgehead atoms. The van der Waals surface area contributed by atoms with Crippen LogP contribution >= 0.6 is 24.0 Å². The largest absolute Gasteiger partial charge is 0.506 e. The number of pyridine rings is 1. The van der Waals surface area contributed by atoms with E-state index in [1.54, 1.807) is 31.6 Å². The second-order valence-corrected chi connectivity index (χ2v) is 9.99. The van der Waals surface area contributed by atoms with Crippen molar-refractivity contribution in [3.63, 3.8) is 0 Å². The summed E-state index contributed by atoms with van der Waals surface area (Å²) in [6, 6.07) is 9.66. The predicted molar refractivity (Wildman–Crippen MR) is 144 cm³/mol. The number of phenols is 1. The van der Waals surface area contributed by atoms with Gasteiger partial charge < -0.3 is 25.0 Å². The van der Waals surface area contributed by atoms with E-state index in [0.717, 1.165) is 74.0 Å². The molecule has 1 saturated heterocycles. The van der Waals surface area contributed by atoms with Crippen LogP contribution in [0.5, 0.6) is 5.75 Å². The van der Waals surface area contributed by atoms with E-state index in [9.17, 15) is 5.11 Å². The Kier molecular flexibility index (Phi) is 9.55. The number of aromatic hydroxyl groups is 1. The molecule has 1 aliphatic rings. The van der Waals surface area contributed by atoms with Gasteiger partial charge in [0.15, 0.2) is 0 Å². The average molecular weight is 521 g/mol. The maximum absolute atomic E-state index is 10.2. The SMILES string of the molecule is COCCN1CCC(NCC(C)(C)c2nc(-c3ccc(Cl)c(O)c3)c(-c3ccncc3)[nH]2)CC1.Cl. The molecule has 7 nitrogen and oxygen atoms in total. The smallest absolute Gasteiger partial charge is 0.134 e. The lowest BCUT2D eigenvalue weighted by Crippen LogP contribution is -2.46. The Balaban J connectivity index is 0.00000342. The summed E-state index contributed by atoms with van der Waals surface area (Å²) in [6.07, 6.45) is 5.81. The van der Waals surface area contributed by atoms with Gasteiger partial charge in [-0.1, -0.05) is 31.5 Å². The van der Waals surface area contributed by atoms with Crippen LogP contribution in [0.2, 0.25) is 5.02 Å². The summed E-state index contributed by atoms with van der Waals surface area (Å²) in [5.74, 6) is 0.941. The van der Waals surface area contributed by atoms with Crippen LogP contribution in [0.3, 0.4) is 0 Å². The third-order valence-electron chi connectivity index (χ3n) is 6.57. The molecule has 0 unspecified atom stereocenters. The van der Waals surface area contributed by atoms with E-state index >= 15 is 0 Å². The maximum Gasteiger partial charge on any atom is 0.134 e. The Morgan fingerprint density at radius 3 is 2.54 bits per heavy atom. The topological polar surface area (TPSA) is 86.3 Å². The van der Waals surface area contributed by atoms with Crippen molar-refractivity contribution in [3.05, 3.63) is 53.6 Å². The van der Waals surface area contributed by atoms with E-state index < -0.39 is 0 Å². The second-order valence-electron chi connectivity index (χ2n) is 9.58. The molecule has 0 radical (unpaired) electrons. The third-order valence-corrected chi connectivity index (χ3v) is 6.88. The number of ether oxygens (including phenoxy) is 1. The second kappa shape index (κ2) is 12.2. The van der Waals surface area contributed by atoms with Crippen molar-refractivity contribution in [2.24, 2.45) is 0 Å². The Morgan fingerprint density at radius 2 is 1.89 bits per heavy atom. The fraction of sp³-hybridized carbons (Fsp3) is 0.462. The average Bonchev–Trinajstić information content (AvgIpc) is 3.31. The first-order valence-corrected chi connectivity index (χ1v) is 12.2. The normalized spacial score (nSPS) is 15.2. The van der Waals surface area contributed by atoms with Gasteiger partial charge in [-0.2, -0.15) is 0 Å². The number of rotatable bonds is 9. The molecular weight excluding hydrogens is 485 g/mol. The number of halogens is 2. The van der Waals surface area contributed by atoms with Crippen molar-refractivity contribution in [1.82, 2.24) is 25.2 Å². The highest BCUT2D eigenvalue weighted by Gasteiger charge is 2.29. The number of hydrogen-bond acceptors (Lipinski definition) is 6. The van der Waals surface area contributed by atoms with E-state index in [2.05, 4.69) is 34.0 Å². The fourth-order valence-electron chi connectivity index (χ4n) is 4.35. The molecule has 4 rings (SSSR count). The van der Waals surface area contributed by atoms with Crippen molar-refractivity contribution in [2.45, 2.75) is 38.1 Å². The molecule has 9 heteroatoms. The van der Waals surface area contributed by atoms with Crippen LogP contribution in [0.1, 0.15) is 32.5 Å². The molecule has 190 valence electrons. The number of hydrogen-bond donors (Lipinski definition) is 3. The summed E-state index contributed by atoms with van der Waals surface area (Å²) < 4.78 is 5.21. The summed E-state index contributed by atoms with van der Waals surface area (Å²) in [5.41, 5.74) is 3.27. The number of aromatic amines is 1. The molecule has 3 heterocycles. The molecule has 0 amide bonds. The number of aromatic nitrogens is 3. The third kappa shape index (κ3) is 6.74. The van der Waals surface area contributed by atoms with Crippen LogP contribution in [-0.4, -0.2) is 70.9 Å². The number of nitrogens with zero attached hydrogens (tertiary/aromatic N) is 3. The Bertz CT molecular complexity index is 1080. The summed E-state index contributed by atoms with van der Waals surface area (Å²) in [4.78, 5) is 15.2. The lowest BCUT2D eigenvalue weighted by molar-refractivity contribution is 0.125. The molecule has 2 aromatic heterocycles. The number of nitrogens with one attached hydrogen (secondary N) is 2. The van der Waals surface area contributed by atoms with Gasteiger partial charge in [-0.15, -0.1) is 12.4 Å². The highest BCUT2D eigenvalue weighted by molar-refractivity contribution is 6.32.